The van der Waals surface area contributed by atoms with Crippen LogP contribution < -0.4 is 10.4 Å². The molecule has 10 nitrogen and oxygen atoms in total. The summed E-state index contributed by atoms with van der Waals surface area (Å²) in [5.41, 5.74) is 0.847. The van der Waals surface area contributed by atoms with Crippen LogP contribution in [0.4, 0.5) is 23.8 Å². The fraction of sp³-hybridized carbons (Fsp3) is 0.609. The topological polar surface area (TPSA) is 96.5 Å². The van der Waals surface area contributed by atoms with Crippen molar-refractivity contribution in [1.82, 2.24) is 20.4 Å². The molecule has 0 aromatic carbocycles. The van der Waals surface area contributed by atoms with Gasteiger partial charge >= 0.3 is 12.3 Å². The van der Waals surface area contributed by atoms with E-state index in [4.69, 9.17) is 14.4 Å². The van der Waals surface area contributed by atoms with Gasteiger partial charge < -0.3 is 19.4 Å². The van der Waals surface area contributed by atoms with Crippen LogP contribution in [0.15, 0.2) is 30.1 Å². The highest BCUT2D eigenvalue weighted by Gasteiger charge is 2.42. The Kier molecular flexibility index (Phi) is 7.06. The molecule has 1 N–H and O–H groups in total. The second-order valence-electron chi connectivity index (χ2n) is 9.96. The maximum absolute atomic E-state index is 13.3. The molecule has 0 radical (unpaired) electrons. The molecule has 2 saturated heterocycles. The summed E-state index contributed by atoms with van der Waals surface area (Å²) in [5, 5.41) is 1.50. The van der Waals surface area contributed by atoms with Gasteiger partial charge in [0, 0.05) is 45.5 Å². The van der Waals surface area contributed by atoms with Gasteiger partial charge in [0.2, 0.25) is 0 Å². The lowest BCUT2D eigenvalue weighted by molar-refractivity contribution is -0.180. The highest BCUT2D eigenvalue weighted by atomic mass is 19.4. The monoisotopic (exact) mass is 513 g/mol. The first-order chi connectivity index (χ1) is 16.9. The lowest BCUT2D eigenvalue weighted by Crippen LogP contribution is -2.50. The van der Waals surface area contributed by atoms with Crippen LogP contribution in [-0.4, -0.2) is 77.5 Å². The van der Waals surface area contributed by atoms with Crippen molar-refractivity contribution in [2.75, 3.05) is 44.2 Å². The molecule has 1 aromatic rings. The number of carbonyl (C=O) groups excluding carboxylic acids is 2. The summed E-state index contributed by atoms with van der Waals surface area (Å²) < 4.78 is 45.2. The van der Waals surface area contributed by atoms with Crippen LogP contribution in [0.1, 0.15) is 39.2 Å². The third-order valence-electron chi connectivity index (χ3n) is 6.12. The summed E-state index contributed by atoms with van der Waals surface area (Å²) in [6.07, 6.45) is -1.25. The maximum atomic E-state index is 13.3. The Morgan fingerprint density at radius 1 is 1.08 bits per heavy atom. The summed E-state index contributed by atoms with van der Waals surface area (Å²) in [5.74, 6) is -0.408. The number of piperidine rings is 1. The fourth-order valence-corrected chi connectivity index (χ4v) is 4.32. The molecule has 0 unspecified atom stereocenters. The van der Waals surface area contributed by atoms with Crippen LogP contribution >= 0.6 is 0 Å². The summed E-state index contributed by atoms with van der Waals surface area (Å²) in [7, 11) is 0. The van der Waals surface area contributed by atoms with Crippen molar-refractivity contribution in [2.45, 2.75) is 51.0 Å². The van der Waals surface area contributed by atoms with E-state index in [2.05, 4.69) is 10.5 Å². The lowest BCUT2D eigenvalue weighted by atomic mass is 9.91. The first-order valence-electron chi connectivity index (χ1n) is 11.7. The molecule has 4 rings (SSSR count). The number of halogens is 3. The van der Waals surface area contributed by atoms with Crippen molar-refractivity contribution in [3.05, 3.63) is 35.7 Å². The molecule has 0 atom stereocenters. The summed E-state index contributed by atoms with van der Waals surface area (Å²) in [4.78, 5) is 43.0. The largest absolute Gasteiger partial charge is 0.528 e. The van der Waals surface area contributed by atoms with Gasteiger partial charge in [0.25, 0.3) is 5.91 Å². The van der Waals surface area contributed by atoms with Crippen LogP contribution in [0.5, 0.6) is 0 Å². The summed E-state index contributed by atoms with van der Waals surface area (Å²) in [6.45, 7) is 6.97. The van der Waals surface area contributed by atoms with Crippen LogP contribution in [0.2, 0.25) is 0 Å². The van der Waals surface area contributed by atoms with Gasteiger partial charge in [-0.2, -0.15) is 13.2 Å². The number of aromatic nitrogens is 1. The molecular formula is C23H30F3N5O5. The molecule has 1 amide bonds. The number of nitrogens with zero attached hydrogens (tertiary/aromatic N) is 4. The third kappa shape index (κ3) is 6.01. The highest BCUT2D eigenvalue weighted by Crippen LogP contribution is 2.36. The number of hydrogen-bond donors (Lipinski definition) is 1. The van der Waals surface area contributed by atoms with Gasteiger partial charge in [-0.1, -0.05) is 0 Å². The molecule has 0 bridgehead atoms. The van der Waals surface area contributed by atoms with Gasteiger partial charge in [0.15, 0.2) is 0 Å². The summed E-state index contributed by atoms with van der Waals surface area (Å²) in [6, 6.07) is 2.27. The number of piperazine rings is 1. The first kappa shape index (κ1) is 26.0. The highest BCUT2D eigenvalue weighted by molar-refractivity contribution is 5.93. The van der Waals surface area contributed by atoms with E-state index in [9.17, 15) is 22.8 Å². The Labute approximate surface area is 206 Å². The van der Waals surface area contributed by atoms with E-state index in [1.54, 1.807) is 36.6 Å². The lowest BCUT2D eigenvalue weighted by Gasteiger charge is -2.36. The number of nitrogens with one attached hydrogen (secondary N) is 1. The number of ether oxygens (including phenoxy) is 1. The number of alkyl halides is 3. The average Bonchev–Trinajstić information content (AvgIpc) is 3.22. The van der Waals surface area contributed by atoms with E-state index in [1.807, 2.05) is 0 Å². The Bertz CT molecular complexity index is 1010. The van der Waals surface area contributed by atoms with Crippen LogP contribution in [0.25, 0.3) is 0 Å². The van der Waals surface area contributed by atoms with Crippen molar-refractivity contribution in [3.63, 3.8) is 0 Å². The number of pyridine rings is 1. The van der Waals surface area contributed by atoms with E-state index in [0.29, 0.717) is 31.6 Å². The molecule has 2 fully saturated rings. The molecule has 198 valence electrons. The van der Waals surface area contributed by atoms with Crippen molar-refractivity contribution < 1.29 is 37.2 Å². The predicted molar refractivity (Wildman–Crippen MR) is 121 cm³/mol. The average molecular weight is 514 g/mol. The number of carbonyl (C=O) groups is 2. The van der Waals surface area contributed by atoms with Gasteiger partial charge in [0.05, 0.1) is 5.56 Å². The molecule has 3 aliphatic heterocycles. The fourth-order valence-electron chi connectivity index (χ4n) is 4.32. The SMILES string of the molecule is CC(C)(C)OC(=O)ON1CCC2(C=C(C(=O)N3CCN(c4ncccc4C(F)(F)F)CC3)NO2)CC1. The zero-order valence-electron chi connectivity index (χ0n) is 20.4. The smallest absolute Gasteiger partial charge is 0.427 e. The van der Waals surface area contributed by atoms with Crippen LogP contribution in [0, 0.1) is 0 Å². The molecule has 1 spiro atoms. The van der Waals surface area contributed by atoms with Crippen molar-refractivity contribution >= 4 is 17.9 Å². The molecule has 13 heteroatoms. The van der Waals surface area contributed by atoms with E-state index < -0.39 is 29.1 Å². The first-order valence-corrected chi connectivity index (χ1v) is 11.7. The summed E-state index contributed by atoms with van der Waals surface area (Å²) >= 11 is 0. The van der Waals surface area contributed by atoms with Crippen LogP contribution in [-0.2, 0) is 25.4 Å². The number of rotatable bonds is 3. The number of hydroxylamine groups is 3. The quantitative estimate of drug-likeness (QED) is 0.612. The molecule has 4 heterocycles. The number of anilines is 1. The maximum Gasteiger partial charge on any atom is 0.528 e. The minimum atomic E-state index is -4.51. The van der Waals surface area contributed by atoms with Gasteiger partial charge in [-0.25, -0.2) is 9.78 Å². The van der Waals surface area contributed by atoms with E-state index in [0.717, 1.165) is 6.07 Å². The Morgan fingerprint density at radius 2 is 1.75 bits per heavy atom. The van der Waals surface area contributed by atoms with E-state index >= 15 is 0 Å². The molecule has 3 aliphatic rings. The van der Waals surface area contributed by atoms with Crippen molar-refractivity contribution in [3.8, 4) is 0 Å². The molecule has 0 aliphatic carbocycles. The second kappa shape index (κ2) is 9.77. The van der Waals surface area contributed by atoms with E-state index in [-0.39, 0.29) is 37.9 Å². The second-order valence-corrected chi connectivity index (χ2v) is 9.96. The third-order valence-corrected chi connectivity index (χ3v) is 6.12. The molecule has 1 aromatic heterocycles. The minimum Gasteiger partial charge on any atom is -0.427 e. The van der Waals surface area contributed by atoms with Gasteiger partial charge in [0.1, 0.15) is 22.7 Å². The predicted octanol–water partition coefficient (Wildman–Crippen LogP) is 2.87. The van der Waals surface area contributed by atoms with E-state index in [1.165, 1.54) is 17.3 Å². The normalized spacial score (nSPS) is 20.7. The molecule has 0 saturated carbocycles. The number of hydrogen-bond acceptors (Lipinski definition) is 9. The molecule has 36 heavy (non-hydrogen) atoms. The molecular weight excluding hydrogens is 483 g/mol. The van der Waals surface area contributed by atoms with Crippen molar-refractivity contribution in [1.29, 1.82) is 0 Å². The van der Waals surface area contributed by atoms with Crippen molar-refractivity contribution in [2.24, 2.45) is 0 Å². The van der Waals surface area contributed by atoms with Gasteiger partial charge in [-0.15, -0.1) is 5.06 Å². The zero-order chi connectivity index (χ0) is 26.1. The zero-order valence-corrected chi connectivity index (χ0v) is 20.4. The number of amides is 1. The minimum absolute atomic E-state index is 0.127. The van der Waals surface area contributed by atoms with Gasteiger partial charge in [-0.05, 0) is 51.8 Å². The van der Waals surface area contributed by atoms with Gasteiger partial charge in [-0.3, -0.25) is 15.1 Å². The standard InChI is InChI=1S/C23H30F3N5O5/c1-21(2,3)34-20(33)35-31-9-6-22(7-10-31)15-17(28-36-22)19(32)30-13-11-29(12-14-30)18-16(23(24,25)26)5-4-8-27-18/h4-5,8,15,28H,6-7,9-14H2,1-3H3. The van der Waals surface area contributed by atoms with Crippen LogP contribution in [0.3, 0.4) is 0 Å². The Morgan fingerprint density at radius 3 is 2.36 bits per heavy atom. The Hall–Kier alpha value is -3.06. The Balaban J connectivity index is 1.31.